The molecule has 0 radical (unpaired) electrons. The second kappa shape index (κ2) is 4.98. The van der Waals surface area contributed by atoms with E-state index in [1.54, 1.807) is 0 Å². The van der Waals surface area contributed by atoms with Crippen molar-refractivity contribution in [3.8, 4) is 0 Å². The lowest BCUT2D eigenvalue weighted by Gasteiger charge is -2.43. The summed E-state index contributed by atoms with van der Waals surface area (Å²) in [5.41, 5.74) is 0.575. The molecule has 0 bridgehead atoms. The molecule has 2 rings (SSSR count). The van der Waals surface area contributed by atoms with E-state index in [0.717, 1.165) is 11.9 Å². The standard InChI is InChI=1S/C12H18BrNS/c1-14(8-11-4-2-7-15-11)10-12(9-13)5-3-6-12/h2,4,7H,3,5-6,8-10H2,1H3. The summed E-state index contributed by atoms with van der Waals surface area (Å²) in [5.74, 6) is 0. The van der Waals surface area contributed by atoms with Crippen LogP contribution in [0.5, 0.6) is 0 Å². The van der Waals surface area contributed by atoms with Crippen molar-refractivity contribution in [2.75, 3.05) is 18.9 Å². The van der Waals surface area contributed by atoms with Crippen molar-refractivity contribution in [3.05, 3.63) is 22.4 Å². The number of halogens is 1. The van der Waals surface area contributed by atoms with Crippen LogP contribution in [0.1, 0.15) is 24.1 Å². The number of nitrogens with zero attached hydrogens (tertiary/aromatic N) is 1. The van der Waals surface area contributed by atoms with Crippen molar-refractivity contribution in [1.29, 1.82) is 0 Å². The fraction of sp³-hybridized carbons (Fsp3) is 0.667. The fourth-order valence-corrected chi connectivity index (χ4v) is 3.83. The van der Waals surface area contributed by atoms with Crippen LogP contribution >= 0.6 is 27.3 Å². The molecule has 0 saturated heterocycles. The van der Waals surface area contributed by atoms with Crippen LogP contribution < -0.4 is 0 Å². The monoisotopic (exact) mass is 287 g/mol. The van der Waals surface area contributed by atoms with E-state index in [1.807, 2.05) is 11.3 Å². The minimum Gasteiger partial charge on any atom is -0.301 e. The van der Waals surface area contributed by atoms with Gasteiger partial charge in [-0.1, -0.05) is 28.4 Å². The largest absolute Gasteiger partial charge is 0.301 e. The topological polar surface area (TPSA) is 3.24 Å². The highest BCUT2D eigenvalue weighted by Crippen LogP contribution is 2.42. The van der Waals surface area contributed by atoms with Crippen molar-refractivity contribution in [1.82, 2.24) is 4.90 Å². The zero-order chi connectivity index (χ0) is 10.7. The van der Waals surface area contributed by atoms with E-state index in [0.29, 0.717) is 5.41 Å². The summed E-state index contributed by atoms with van der Waals surface area (Å²) in [4.78, 5) is 3.94. The van der Waals surface area contributed by atoms with E-state index in [1.165, 1.54) is 30.7 Å². The molecule has 1 nitrogen and oxygen atoms in total. The summed E-state index contributed by atoms with van der Waals surface area (Å²) in [6, 6.07) is 4.36. The summed E-state index contributed by atoms with van der Waals surface area (Å²) in [6.45, 7) is 2.34. The Labute approximate surface area is 105 Å². The van der Waals surface area contributed by atoms with Crippen LogP contribution in [0.2, 0.25) is 0 Å². The highest BCUT2D eigenvalue weighted by molar-refractivity contribution is 9.09. The van der Waals surface area contributed by atoms with Gasteiger partial charge >= 0.3 is 0 Å². The van der Waals surface area contributed by atoms with Crippen molar-refractivity contribution in [2.45, 2.75) is 25.8 Å². The molecule has 15 heavy (non-hydrogen) atoms. The van der Waals surface area contributed by atoms with E-state index in [9.17, 15) is 0 Å². The molecule has 1 fully saturated rings. The molecule has 0 spiro atoms. The van der Waals surface area contributed by atoms with E-state index < -0.39 is 0 Å². The van der Waals surface area contributed by atoms with Gasteiger partial charge < -0.3 is 4.90 Å². The van der Waals surface area contributed by atoms with Crippen molar-refractivity contribution in [2.24, 2.45) is 5.41 Å². The second-order valence-electron chi connectivity index (χ2n) is 4.74. The maximum absolute atomic E-state index is 3.67. The average molecular weight is 288 g/mol. The molecule has 1 heterocycles. The first-order valence-corrected chi connectivity index (χ1v) is 7.51. The van der Waals surface area contributed by atoms with E-state index in [-0.39, 0.29) is 0 Å². The molecule has 1 saturated carbocycles. The average Bonchev–Trinajstić information content (AvgIpc) is 2.64. The van der Waals surface area contributed by atoms with E-state index >= 15 is 0 Å². The Morgan fingerprint density at radius 3 is 2.80 bits per heavy atom. The lowest BCUT2D eigenvalue weighted by molar-refractivity contribution is 0.103. The predicted octanol–water partition coefficient (Wildman–Crippen LogP) is 3.75. The Morgan fingerprint density at radius 2 is 2.33 bits per heavy atom. The van der Waals surface area contributed by atoms with Crippen molar-refractivity contribution < 1.29 is 0 Å². The molecule has 0 unspecified atom stereocenters. The molecule has 0 aromatic carbocycles. The maximum atomic E-state index is 3.67. The third-order valence-corrected chi connectivity index (χ3v) is 5.36. The quantitative estimate of drug-likeness (QED) is 0.746. The van der Waals surface area contributed by atoms with E-state index in [2.05, 4.69) is 45.4 Å². The molecule has 1 aromatic heterocycles. The fourth-order valence-electron chi connectivity index (χ4n) is 2.31. The third kappa shape index (κ3) is 2.83. The Morgan fingerprint density at radius 1 is 1.53 bits per heavy atom. The highest BCUT2D eigenvalue weighted by Gasteiger charge is 2.36. The van der Waals surface area contributed by atoms with Gasteiger partial charge in [0.05, 0.1) is 0 Å². The van der Waals surface area contributed by atoms with Gasteiger partial charge in [-0.2, -0.15) is 0 Å². The molecule has 0 N–H and O–H groups in total. The molecule has 3 heteroatoms. The highest BCUT2D eigenvalue weighted by atomic mass is 79.9. The molecule has 1 aromatic rings. The van der Waals surface area contributed by atoms with Crippen molar-refractivity contribution in [3.63, 3.8) is 0 Å². The second-order valence-corrected chi connectivity index (χ2v) is 6.33. The third-order valence-electron chi connectivity index (χ3n) is 3.31. The van der Waals surface area contributed by atoms with Crippen molar-refractivity contribution >= 4 is 27.3 Å². The molecular formula is C12H18BrNS. The predicted molar refractivity (Wildman–Crippen MR) is 70.7 cm³/mol. The maximum Gasteiger partial charge on any atom is 0.0325 e. The molecule has 0 aliphatic heterocycles. The number of rotatable bonds is 5. The van der Waals surface area contributed by atoms with Gasteiger partial charge in [-0.15, -0.1) is 11.3 Å². The van der Waals surface area contributed by atoms with Crippen LogP contribution in [0.3, 0.4) is 0 Å². The summed E-state index contributed by atoms with van der Waals surface area (Å²) in [5, 5.41) is 3.32. The lowest BCUT2D eigenvalue weighted by Crippen LogP contribution is -2.41. The minimum atomic E-state index is 0.575. The minimum absolute atomic E-state index is 0.575. The molecular weight excluding hydrogens is 270 g/mol. The molecule has 1 aliphatic rings. The molecule has 1 aliphatic carbocycles. The van der Waals surface area contributed by atoms with Crippen LogP contribution in [0.25, 0.3) is 0 Å². The Hall–Kier alpha value is 0.140. The van der Waals surface area contributed by atoms with Gasteiger partial charge in [0, 0.05) is 23.3 Å². The number of thiophene rings is 1. The van der Waals surface area contributed by atoms with Crippen LogP contribution in [0.4, 0.5) is 0 Å². The summed E-state index contributed by atoms with van der Waals surface area (Å²) in [6.07, 6.45) is 4.21. The number of alkyl halides is 1. The first-order chi connectivity index (χ1) is 7.24. The van der Waals surface area contributed by atoms with Gasteiger partial charge in [-0.05, 0) is 36.8 Å². The summed E-state index contributed by atoms with van der Waals surface area (Å²) >= 11 is 5.52. The Bertz CT molecular complexity index is 287. The number of hydrogen-bond acceptors (Lipinski definition) is 2. The summed E-state index contributed by atoms with van der Waals surface area (Å²) < 4.78 is 0. The van der Waals surface area contributed by atoms with Gasteiger partial charge in [-0.3, -0.25) is 0 Å². The lowest BCUT2D eigenvalue weighted by atomic mass is 9.70. The first kappa shape index (κ1) is 11.6. The molecule has 0 atom stereocenters. The zero-order valence-electron chi connectivity index (χ0n) is 9.21. The van der Waals surface area contributed by atoms with Crippen LogP contribution in [-0.4, -0.2) is 23.8 Å². The van der Waals surface area contributed by atoms with Crippen LogP contribution in [0.15, 0.2) is 17.5 Å². The normalized spacial score (nSPS) is 19.1. The van der Waals surface area contributed by atoms with Gasteiger partial charge in [-0.25, -0.2) is 0 Å². The van der Waals surface area contributed by atoms with Gasteiger partial charge in [0.15, 0.2) is 0 Å². The smallest absolute Gasteiger partial charge is 0.0325 e. The first-order valence-electron chi connectivity index (χ1n) is 5.51. The Balaban J connectivity index is 1.84. The van der Waals surface area contributed by atoms with Crippen LogP contribution in [0, 0.1) is 5.41 Å². The van der Waals surface area contributed by atoms with Crippen LogP contribution in [-0.2, 0) is 6.54 Å². The zero-order valence-corrected chi connectivity index (χ0v) is 11.6. The number of hydrogen-bond donors (Lipinski definition) is 0. The SMILES string of the molecule is CN(Cc1cccs1)CC1(CBr)CCC1. The van der Waals surface area contributed by atoms with Gasteiger partial charge in [0.25, 0.3) is 0 Å². The van der Waals surface area contributed by atoms with E-state index in [4.69, 9.17) is 0 Å². The van der Waals surface area contributed by atoms with Gasteiger partial charge in [0.1, 0.15) is 0 Å². The Kier molecular flexibility index (Phi) is 3.86. The van der Waals surface area contributed by atoms with Gasteiger partial charge in [0.2, 0.25) is 0 Å². The molecule has 0 amide bonds. The summed E-state index contributed by atoms with van der Waals surface area (Å²) in [7, 11) is 2.24. The molecule has 84 valence electrons.